The minimum Gasteiger partial charge on any atom is -0.492 e. The van der Waals surface area contributed by atoms with Gasteiger partial charge in [-0.2, -0.15) is 0 Å². The van der Waals surface area contributed by atoms with Gasteiger partial charge in [-0.15, -0.1) is 0 Å². The highest BCUT2D eigenvalue weighted by Gasteiger charge is 2.50. The number of hydrogen-bond donors (Lipinski definition) is 1. The molecule has 1 saturated carbocycles. The average molecular weight is 416 g/mol. The molecule has 3 aliphatic rings. The van der Waals surface area contributed by atoms with Crippen LogP contribution in [-0.4, -0.2) is 55.1 Å². The molecule has 0 bridgehead atoms. The molecule has 2 aliphatic carbocycles. The zero-order valence-corrected chi connectivity index (χ0v) is 19.1. The Bertz CT molecular complexity index is 702. The molecule has 1 heterocycles. The zero-order chi connectivity index (χ0) is 21.0. The Balaban J connectivity index is 1.46. The van der Waals surface area contributed by atoms with Crippen LogP contribution in [-0.2, 0) is 16.6 Å². The van der Waals surface area contributed by atoms with Gasteiger partial charge in [-0.05, 0) is 79.5 Å². The van der Waals surface area contributed by atoms with Gasteiger partial charge in [0.2, 0.25) is 0 Å². The van der Waals surface area contributed by atoms with Crippen LogP contribution in [0.25, 0.3) is 0 Å². The van der Waals surface area contributed by atoms with E-state index in [0.717, 1.165) is 83.7 Å². The minimum atomic E-state index is -0.434. The van der Waals surface area contributed by atoms with E-state index in [0.29, 0.717) is 5.92 Å². The third-order valence-corrected chi connectivity index (χ3v) is 8.01. The molecule has 1 aromatic carbocycles. The van der Waals surface area contributed by atoms with E-state index in [9.17, 15) is 5.11 Å². The number of ether oxygens (including phenoxy) is 2. The molecule has 3 atom stereocenters. The number of nitrogens with zero attached hydrogens (tertiary/aromatic N) is 1. The van der Waals surface area contributed by atoms with Crippen molar-refractivity contribution in [2.24, 2.45) is 5.92 Å². The molecule has 0 unspecified atom stereocenters. The largest absolute Gasteiger partial charge is 0.492 e. The van der Waals surface area contributed by atoms with Crippen LogP contribution in [0.3, 0.4) is 0 Å². The summed E-state index contributed by atoms with van der Waals surface area (Å²) in [6, 6.07) is 6.88. The van der Waals surface area contributed by atoms with Gasteiger partial charge >= 0.3 is 0 Å². The first-order chi connectivity index (χ1) is 14.6. The number of hydrogen-bond acceptors (Lipinski definition) is 4. The van der Waals surface area contributed by atoms with E-state index in [1.54, 1.807) is 5.56 Å². The topological polar surface area (TPSA) is 41.9 Å². The van der Waals surface area contributed by atoms with Crippen LogP contribution in [0, 0.1) is 5.92 Å². The molecular weight excluding hydrogens is 374 g/mol. The van der Waals surface area contributed by atoms with Gasteiger partial charge in [0.05, 0.1) is 18.8 Å². The van der Waals surface area contributed by atoms with E-state index in [-0.39, 0.29) is 5.41 Å². The number of rotatable bonds is 8. The van der Waals surface area contributed by atoms with E-state index >= 15 is 0 Å². The third kappa shape index (κ3) is 4.56. The van der Waals surface area contributed by atoms with Gasteiger partial charge in [-0.25, -0.2) is 0 Å². The summed E-state index contributed by atoms with van der Waals surface area (Å²) >= 11 is 0. The number of morpholine rings is 1. The van der Waals surface area contributed by atoms with E-state index in [1.807, 2.05) is 0 Å². The molecule has 168 valence electrons. The molecule has 0 amide bonds. The zero-order valence-electron chi connectivity index (χ0n) is 19.1. The van der Waals surface area contributed by atoms with E-state index in [1.165, 1.54) is 24.8 Å². The van der Waals surface area contributed by atoms with Crippen molar-refractivity contribution < 1.29 is 14.6 Å². The maximum atomic E-state index is 11.2. The summed E-state index contributed by atoms with van der Waals surface area (Å²) < 4.78 is 11.6. The second-order valence-corrected chi connectivity index (χ2v) is 9.94. The smallest absolute Gasteiger partial charge is 0.119 e. The number of fused-ring (bicyclic) bond motifs is 3. The van der Waals surface area contributed by atoms with Gasteiger partial charge < -0.3 is 14.6 Å². The molecule has 4 rings (SSSR count). The first-order valence-corrected chi connectivity index (χ1v) is 12.4. The molecule has 1 aromatic rings. The highest BCUT2D eigenvalue weighted by atomic mass is 16.5. The summed E-state index contributed by atoms with van der Waals surface area (Å²) in [7, 11) is 0. The Hall–Kier alpha value is -1.10. The average Bonchev–Trinajstić information content (AvgIpc) is 2.75. The Kier molecular flexibility index (Phi) is 7.06. The van der Waals surface area contributed by atoms with Gasteiger partial charge in [0, 0.05) is 19.6 Å². The number of aliphatic hydroxyl groups is 1. The highest BCUT2D eigenvalue weighted by Crippen LogP contribution is 2.56. The predicted molar refractivity (Wildman–Crippen MR) is 121 cm³/mol. The van der Waals surface area contributed by atoms with Crippen molar-refractivity contribution in [1.29, 1.82) is 0 Å². The maximum absolute atomic E-state index is 11.2. The van der Waals surface area contributed by atoms with Crippen LogP contribution >= 0.6 is 0 Å². The van der Waals surface area contributed by atoms with Crippen LogP contribution in [0.15, 0.2) is 18.2 Å². The third-order valence-electron chi connectivity index (χ3n) is 8.01. The fraction of sp³-hybridized carbons (Fsp3) is 0.769. The fourth-order valence-corrected chi connectivity index (χ4v) is 6.55. The van der Waals surface area contributed by atoms with E-state index in [4.69, 9.17) is 9.47 Å². The van der Waals surface area contributed by atoms with Crippen molar-refractivity contribution >= 4 is 0 Å². The molecule has 30 heavy (non-hydrogen) atoms. The molecule has 1 saturated heterocycles. The van der Waals surface area contributed by atoms with Crippen molar-refractivity contribution in [3.63, 3.8) is 0 Å². The van der Waals surface area contributed by atoms with Gasteiger partial charge in [0.25, 0.3) is 0 Å². The summed E-state index contributed by atoms with van der Waals surface area (Å²) in [4.78, 5) is 2.42. The maximum Gasteiger partial charge on any atom is 0.119 e. The Morgan fingerprint density at radius 2 is 1.93 bits per heavy atom. The Morgan fingerprint density at radius 1 is 1.13 bits per heavy atom. The lowest BCUT2D eigenvalue weighted by Gasteiger charge is -2.53. The van der Waals surface area contributed by atoms with Crippen molar-refractivity contribution in [2.75, 3.05) is 39.5 Å². The van der Waals surface area contributed by atoms with Crippen LogP contribution < -0.4 is 4.74 Å². The van der Waals surface area contributed by atoms with Crippen molar-refractivity contribution in [3.8, 4) is 5.75 Å². The van der Waals surface area contributed by atoms with Crippen LogP contribution in [0.1, 0.15) is 76.3 Å². The quantitative estimate of drug-likeness (QED) is 0.667. The first kappa shape index (κ1) is 22.1. The SMILES string of the molecule is CCC[C@@]1(O)CC[C@@]2(CCC)c3ccc(OCCN4CCOCC4)cc3CC[C@@H]2C1. The molecule has 4 heteroatoms. The Labute approximate surface area is 182 Å². The Morgan fingerprint density at radius 3 is 2.70 bits per heavy atom. The number of benzene rings is 1. The van der Waals surface area contributed by atoms with Crippen LogP contribution in [0.4, 0.5) is 0 Å². The van der Waals surface area contributed by atoms with Gasteiger partial charge in [0.15, 0.2) is 0 Å². The monoisotopic (exact) mass is 415 g/mol. The lowest BCUT2D eigenvalue weighted by Crippen LogP contribution is -2.50. The molecular formula is C26H41NO3. The summed E-state index contributed by atoms with van der Waals surface area (Å²) in [5.41, 5.74) is 2.87. The minimum absolute atomic E-state index is 0.259. The van der Waals surface area contributed by atoms with Crippen molar-refractivity contribution in [2.45, 2.75) is 82.7 Å². The fourth-order valence-electron chi connectivity index (χ4n) is 6.55. The second kappa shape index (κ2) is 9.58. The summed E-state index contributed by atoms with van der Waals surface area (Å²) in [6.07, 6.45) is 9.87. The molecule has 1 N–H and O–H groups in total. The molecule has 0 radical (unpaired) electrons. The van der Waals surface area contributed by atoms with E-state index in [2.05, 4.69) is 36.9 Å². The highest BCUT2D eigenvalue weighted by molar-refractivity contribution is 5.43. The molecule has 4 nitrogen and oxygen atoms in total. The number of aryl methyl sites for hydroxylation is 1. The molecule has 0 spiro atoms. The molecule has 0 aromatic heterocycles. The summed E-state index contributed by atoms with van der Waals surface area (Å²) in [5.74, 6) is 1.63. The van der Waals surface area contributed by atoms with Crippen LogP contribution in [0.5, 0.6) is 5.75 Å². The van der Waals surface area contributed by atoms with Crippen LogP contribution in [0.2, 0.25) is 0 Å². The summed E-state index contributed by atoms with van der Waals surface area (Å²) in [5, 5.41) is 11.2. The second-order valence-electron chi connectivity index (χ2n) is 9.94. The van der Waals surface area contributed by atoms with E-state index < -0.39 is 5.60 Å². The normalized spacial score (nSPS) is 31.8. The lowest BCUT2D eigenvalue weighted by atomic mass is 9.52. The standard InChI is InChI=1S/C26H41NO3/c1-3-9-25(28)11-12-26(10-4-2)22(20-25)6-5-21-19-23(7-8-24(21)26)30-18-15-27-13-16-29-17-14-27/h7-8,19,22,28H,3-6,9-18,20H2,1-2H3/t22-,25-,26-/m1/s1. The molecule has 2 fully saturated rings. The lowest BCUT2D eigenvalue weighted by molar-refractivity contribution is -0.0585. The summed E-state index contributed by atoms with van der Waals surface area (Å²) in [6.45, 7) is 9.93. The first-order valence-electron chi connectivity index (χ1n) is 12.4. The van der Waals surface area contributed by atoms with Crippen molar-refractivity contribution in [1.82, 2.24) is 4.90 Å². The van der Waals surface area contributed by atoms with Gasteiger partial charge in [0.1, 0.15) is 12.4 Å². The van der Waals surface area contributed by atoms with Crippen molar-refractivity contribution in [3.05, 3.63) is 29.3 Å². The van der Waals surface area contributed by atoms with Gasteiger partial charge in [-0.3, -0.25) is 4.90 Å². The molecule has 1 aliphatic heterocycles. The van der Waals surface area contributed by atoms with Gasteiger partial charge in [-0.1, -0.05) is 32.8 Å². The predicted octanol–water partition coefficient (Wildman–Crippen LogP) is 4.71.